The lowest BCUT2D eigenvalue weighted by Gasteiger charge is -2.22. The maximum atomic E-state index is 3.85. The van der Waals surface area contributed by atoms with Crippen molar-refractivity contribution in [3.63, 3.8) is 0 Å². The number of allylic oxidation sites excluding steroid dienone is 3. The highest BCUT2D eigenvalue weighted by atomic mass is 14.2. The van der Waals surface area contributed by atoms with E-state index in [2.05, 4.69) is 104 Å². The van der Waals surface area contributed by atoms with Crippen LogP contribution in [0.2, 0.25) is 0 Å². The molecule has 0 aromatic heterocycles. The van der Waals surface area contributed by atoms with Crippen molar-refractivity contribution in [2.45, 2.75) is 78.6 Å². The summed E-state index contributed by atoms with van der Waals surface area (Å²) in [4.78, 5) is 0. The Labute approximate surface area is 173 Å². The molecule has 0 radical (unpaired) electrons. The zero-order valence-electron chi connectivity index (χ0n) is 19.0. The van der Waals surface area contributed by atoms with Crippen LogP contribution in [0.25, 0.3) is 11.1 Å². The van der Waals surface area contributed by atoms with E-state index in [1.165, 1.54) is 33.4 Å². The first kappa shape index (κ1) is 22.2. The van der Waals surface area contributed by atoms with E-state index in [1.807, 2.05) is 6.08 Å². The first-order valence-corrected chi connectivity index (χ1v) is 10.6. The van der Waals surface area contributed by atoms with E-state index < -0.39 is 0 Å². The normalized spacial score (nSPS) is 12.9. The Morgan fingerprint density at radius 1 is 0.857 bits per heavy atom. The van der Waals surface area contributed by atoms with E-state index in [0.717, 1.165) is 19.3 Å². The van der Waals surface area contributed by atoms with Gasteiger partial charge >= 0.3 is 0 Å². The summed E-state index contributed by atoms with van der Waals surface area (Å²) in [5, 5.41) is 0. The molecule has 0 N–H and O–H groups in total. The van der Waals surface area contributed by atoms with Crippen molar-refractivity contribution in [1.29, 1.82) is 0 Å². The molecule has 0 unspecified atom stereocenters. The van der Waals surface area contributed by atoms with Gasteiger partial charge in [0, 0.05) is 0 Å². The van der Waals surface area contributed by atoms with Crippen LogP contribution in [-0.4, -0.2) is 0 Å². The first-order chi connectivity index (χ1) is 13.0. The van der Waals surface area contributed by atoms with E-state index in [9.17, 15) is 0 Å². The topological polar surface area (TPSA) is 0 Å². The van der Waals surface area contributed by atoms with Crippen molar-refractivity contribution in [2.75, 3.05) is 0 Å². The zero-order chi connectivity index (χ0) is 20.9. The molecule has 2 aromatic rings. The third kappa shape index (κ3) is 5.96. The highest BCUT2D eigenvalue weighted by Crippen LogP contribution is 2.32. The molecule has 0 bridgehead atoms. The van der Waals surface area contributed by atoms with Gasteiger partial charge in [0.05, 0.1) is 0 Å². The molecule has 0 heterocycles. The summed E-state index contributed by atoms with van der Waals surface area (Å²) < 4.78 is 0. The summed E-state index contributed by atoms with van der Waals surface area (Å²) in [6.45, 7) is 19.6. The molecule has 0 aliphatic rings. The SMILES string of the molecule is C=C/C(C)=C/CCCc1cc(C(C)(C)C)ccc1-c1ccc(C(C)(C)C)cc1. The Balaban J connectivity index is 2.35. The molecule has 0 fully saturated rings. The summed E-state index contributed by atoms with van der Waals surface area (Å²) in [6, 6.07) is 16.2. The summed E-state index contributed by atoms with van der Waals surface area (Å²) in [7, 11) is 0. The summed E-state index contributed by atoms with van der Waals surface area (Å²) in [5.74, 6) is 0. The monoisotopic (exact) mass is 374 g/mol. The van der Waals surface area contributed by atoms with E-state index in [-0.39, 0.29) is 10.8 Å². The zero-order valence-corrected chi connectivity index (χ0v) is 19.0. The standard InChI is InChI=1S/C28H38/c1-9-21(2)12-10-11-13-23-20-25(28(6,7)8)18-19-26(23)22-14-16-24(17-15-22)27(3,4)5/h9,12,14-20H,1,10-11,13H2,2-8H3/b21-12+. The van der Waals surface area contributed by atoms with Crippen LogP contribution in [0, 0.1) is 0 Å². The molecule has 0 nitrogen and oxygen atoms in total. The lowest BCUT2D eigenvalue weighted by Crippen LogP contribution is -2.12. The molecule has 0 heteroatoms. The second-order valence-electron chi connectivity index (χ2n) is 9.99. The van der Waals surface area contributed by atoms with Gasteiger partial charge in [0.25, 0.3) is 0 Å². The van der Waals surface area contributed by atoms with Crippen LogP contribution in [0.4, 0.5) is 0 Å². The van der Waals surface area contributed by atoms with Crippen molar-refractivity contribution in [2.24, 2.45) is 0 Å². The van der Waals surface area contributed by atoms with Gasteiger partial charge in [0.15, 0.2) is 0 Å². The number of aryl methyl sites for hydroxylation is 1. The maximum absolute atomic E-state index is 3.85. The highest BCUT2D eigenvalue weighted by molar-refractivity contribution is 5.68. The number of hydrogen-bond donors (Lipinski definition) is 0. The van der Waals surface area contributed by atoms with Crippen LogP contribution < -0.4 is 0 Å². The van der Waals surface area contributed by atoms with Crippen LogP contribution in [0.5, 0.6) is 0 Å². The molecule has 2 aromatic carbocycles. The van der Waals surface area contributed by atoms with Crippen LogP contribution in [-0.2, 0) is 17.3 Å². The minimum atomic E-state index is 0.169. The fourth-order valence-corrected chi connectivity index (χ4v) is 3.40. The van der Waals surface area contributed by atoms with Gasteiger partial charge in [-0.2, -0.15) is 0 Å². The van der Waals surface area contributed by atoms with Crippen molar-refractivity contribution >= 4 is 0 Å². The molecular weight excluding hydrogens is 336 g/mol. The fraction of sp³-hybridized carbons (Fsp3) is 0.429. The maximum Gasteiger partial charge on any atom is -0.0132 e. The van der Waals surface area contributed by atoms with Crippen molar-refractivity contribution in [3.05, 3.63) is 83.5 Å². The quantitative estimate of drug-likeness (QED) is 0.351. The van der Waals surface area contributed by atoms with E-state index in [0.29, 0.717) is 0 Å². The predicted octanol–water partition coefficient (Wildman–Crippen LogP) is 8.40. The Bertz CT molecular complexity index is 818. The van der Waals surface area contributed by atoms with E-state index in [4.69, 9.17) is 0 Å². The van der Waals surface area contributed by atoms with Gasteiger partial charge < -0.3 is 0 Å². The van der Waals surface area contributed by atoms with Gasteiger partial charge in [-0.1, -0.05) is 108 Å². The Morgan fingerprint density at radius 3 is 1.96 bits per heavy atom. The minimum Gasteiger partial charge on any atom is -0.0988 e. The van der Waals surface area contributed by atoms with Crippen LogP contribution >= 0.6 is 0 Å². The first-order valence-electron chi connectivity index (χ1n) is 10.6. The Kier molecular flexibility index (Phi) is 7.10. The molecule has 0 saturated heterocycles. The third-order valence-electron chi connectivity index (χ3n) is 5.47. The van der Waals surface area contributed by atoms with E-state index in [1.54, 1.807) is 0 Å². The molecule has 0 aliphatic heterocycles. The number of benzene rings is 2. The van der Waals surface area contributed by atoms with Gasteiger partial charge in [-0.05, 0) is 64.8 Å². The van der Waals surface area contributed by atoms with Gasteiger partial charge in [0.1, 0.15) is 0 Å². The number of unbranched alkanes of at least 4 members (excludes halogenated alkanes) is 1. The number of hydrogen-bond acceptors (Lipinski definition) is 0. The van der Waals surface area contributed by atoms with Crippen LogP contribution in [0.1, 0.15) is 78.0 Å². The molecule has 2 rings (SSSR count). The molecule has 28 heavy (non-hydrogen) atoms. The predicted molar refractivity (Wildman–Crippen MR) is 126 cm³/mol. The minimum absolute atomic E-state index is 0.169. The molecule has 150 valence electrons. The lowest BCUT2D eigenvalue weighted by molar-refractivity contribution is 0.589. The Morgan fingerprint density at radius 2 is 1.43 bits per heavy atom. The summed E-state index contributed by atoms with van der Waals surface area (Å²) in [6.07, 6.45) is 7.58. The largest absolute Gasteiger partial charge is 0.0988 e. The molecule has 0 aliphatic carbocycles. The third-order valence-corrected chi connectivity index (χ3v) is 5.47. The lowest BCUT2D eigenvalue weighted by atomic mass is 9.82. The molecule has 0 amide bonds. The van der Waals surface area contributed by atoms with Crippen molar-refractivity contribution in [1.82, 2.24) is 0 Å². The fourth-order valence-electron chi connectivity index (χ4n) is 3.40. The van der Waals surface area contributed by atoms with Crippen LogP contribution in [0.15, 0.2) is 66.8 Å². The second-order valence-corrected chi connectivity index (χ2v) is 9.99. The average molecular weight is 375 g/mol. The van der Waals surface area contributed by atoms with Gasteiger partial charge in [-0.3, -0.25) is 0 Å². The molecule has 0 saturated carbocycles. The van der Waals surface area contributed by atoms with Crippen LogP contribution in [0.3, 0.4) is 0 Å². The Hall–Kier alpha value is -2.08. The average Bonchev–Trinajstić information content (AvgIpc) is 2.63. The number of rotatable bonds is 6. The van der Waals surface area contributed by atoms with Gasteiger partial charge in [0.2, 0.25) is 0 Å². The molecular formula is C28H38. The molecule has 0 spiro atoms. The highest BCUT2D eigenvalue weighted by Gasteiger charge is 2.17. The summed E-state index contributed by atoms with van der Waals surface area (Å²) >= 11 is 0. The molecule has 0 atom stereocenters. The van der Waals surface area contributed by atoms with E-state index >= 15 is 0 Å². The smallest absolute Gasteiger partial charge is 0.0132 e. The summed E-state index contributed by atoms with van der Waals surface area (Å²) in [5.41, 5.74) is 8.57. The van der Waals surface area contributed by atoms with Gasteiger partial charge in [-0.25, -0.2) is 0 Å². The van der Waals surface area contributed by atoms with Gasteiger partial charge in [-0.15, -0.1) is 0 Å². The van der Waals surface area contributed by atoms with Crippen molar-refractivity contribution < 1.29 is 0 Å². The van der Waals surface area contributed by atoms with Crippen molar-refractivity contribution in [3.8, 4) is 11.1 Å². The second kappa shape index (κ2) is 8.95.